The summed E-state index contributed by atoms with van der Waals surface area (Å²) in [7, 11) is 0. The molecule has 0 heterocycles. The van der Waals surface area contributed by atoms with Crippen LogP contribution in [0.25, 0.3) is 0 Å². The highest BCUT2D eigenvalue weighted by Gasteiger charge is 2.46. The SMILES string of the molecule is CC(C)(C#N)CCCCNC1CC(O)C1(C)C. The van der Waals surface area contributed by atoms with Crippen molar-refractivity contribution in [3.05, 3.63) is 0 Å². The van der Waals surface area contributed by atoms with Gasteiger partial charge in [-0.3, -0.25) is 0 Å². The Bertz CT molecular complexity index is 291. The third-order valence-electron chi connectivity index (χ3n) is 4.14. The lowest BCUT2D eigenvalue weighted by Crippen LogP contribution is -2.60. The Kier molecular flexibility index (Phi) is 4.57. The van der Waals surface area contributed by atoms with Crippen molar-refractivity contribution < 1.29 is 5.11 Å². The largest absolute Gasteiger partial charge is 0.392 e. The van der Waals surface area contributed by atoms with Crippen molar-refractivity contribution in [1.82, 2.24) is 5.32 Å². The van der Waals surface area contributed by atoms with E-state index in [1.54, 1.807) is 0 Å². The van der Waals surface area contributed by atoms with Crippen LogP contribution in [0, 0.1) is 22.2 Å². The minimum absolute atomic E-state index is 0.0198. The standard InChI is InChI=1S/C14H26N2O/c1-13(2,10-15)7-5-6-8-16-11-9-12(17)14(11,3)4/h11-12,16-17H,5-9H2,1-4H3. The third kappa shape index (κ3) is 3.69. The first kappa shape index (κ1) is 14.5. The molecule has 0 aliphatic heterocycles. The van der Waals surface area contributed by atoms with Gasteiger partial charge in [0.25, 0.3) is 0 Å². The Hall–Kier alpha value is -0.590. The fraction of sp³-hybridized carbons (Fsp3) is 0.929. The van der Waals surface area contributed by atoms with Crippen LogP contribution in [0.1, 0.15) is 53.4 Å². The van der Waals surface area contributed by atoms with Crippen molar-refractivity contribution in [2.45, 2.75) is 65.5 Å². The van der Waals surface area contributed by atoms with Gasteiger partial charge in [-0.1, -0.05) is 20.3 Å². The van der Waals surface area contributed by atoms with Crippen LogP contribution < -0.4 is 5.32 Å². The molecule has 3 heteroatoms. The van der Waals surface area contributed by atoms with Crippen LogP contribution in [-0.4, -0.2) is 23.8 Å². The second-order valence-electron chi connectivity index (χ2n) is 6.53. The van der Waals surface area contributed by atoms with Gasteiger partial charge in [-0.05, 0) is 39.7 Å². The number of aliphatic hydroxyl groups is 1. The highest BCUT2D eigenvalue weighted by molar-refractivity contribution is 5.01. The molecule has 2 unspecified atom stereocenters. The van der Waals surface area contributed by atoms with E-state index in [9.17, 15) is 5.11 Å². The van der Waals surface area contributed by atoms with Crippen molar-refractivity contribution in [3.63, 3.8) is 0 Å². The van der Waals surface area contributed by atoms with Crippen LogP contribution in [0.3, 0.4) is 0 Å². The summed E-state index contributed by atoms with van der Waals surface area (Å²) in [6.45, 7) is 9.19. The van der Waals surface area contributed by atoms with Gasteiger partial charge < -0.3 is 10.4 Å². The van der Waals surface area contributed by atoms with Crippen molar-refractivity contribution in [3.8, 4) is 6.07 Å². The number of nitriles is 1. The Labute approximate surface area is 105 Å². The van der Waals surface area contributed by atoms with Crippen LogP contribution in [0.15, 0.2) is 0 Å². The molecule has 0 bridgehead atoms. The van der Waals surface area contributed by atoms with Crippen LogP contribution in [0.4, 0.5) is 0 Å². The first-order chi connectivity index (χ1) is 7.79. The molecule has 1 fully saturated rings. The minimum atomic E-state index is -0.189. The number of unbranched alkanes of at least 4 members (excludes halogenated alkanes) is 1. The van der Waals surface area contributed by atoms with Crippen molar-refractivity contribution in [1.29, 1.82) is 5.26 Å². The summed E-state index contributed by atoms with van der Waals surface area (Å²) in [5.74, 6) is 0. The minimum Gasteiger partial charge on any atom is -0.392 e. The van der Waals surface area contributed by atoms with Crippen molar-refractivity contribution in [2.75, 3.05) is 6.54 Å². The Morgan fingerprint density at radius 1 is 1.41 bits per heavy atom. The van der Waals surface area contributed by atoms with E-state index in [1.165, 1.54) is 0 Å². The van der Waals surface area contributed by atoms with Gasteiger partial charge >= 0.3 is 0 Å². The molecule has 1 aliphatic rings. The molecule has 3 nitrogen and oxygen atoms in total. The summed E-state index contributed by atoms with van der Waals surface area (Å²) in [4.78, 5) is 0. The lowest BCUT2D eigenvalue weighted by molar-refractivity contribution is -0.0722. The molecule has 0 aromatic carbocycles. The smallest absolute Gasteiger partial charge is 0.0683 e. The maximum absolute atomic E-state index is 9.61. The maximum Gasteiger partial charge on any atom is 0.0683 e. The molecule has 0 amide bonds. The van der Waals surface area contributed by atoms with Gasteiger partial charge in [0.2, 0.25) is 0 Å². The lowest BCUT2D eigenvalue weighted by Gasteiger charge is -2.49. The summed E-state index contributed by atoms with van der Waals surface area (Å²) >= 11 is 0. The molecular weight excluding hydrogens is 212 g/mol. The normalized spacial score (nSPS) is 27.3. The van der Waals surface area contributed by atoms with E-state index in [-0.39, 0.29) is 16.9 Å². The number of rotatable bonds is 6. The predicted octanol–water partition coefficient (Wildman–Crippen LogP) is 2.46. The molecule has 1 saturated carbocycles. The predicted molar refractivity (Wildman–Crippen MR) is 69.4 cm³/mol. The van der Waals surface area contributed by atoms with Crippen molar-refractivity contribution >= 4 is 0 Å². The molecule has 2 atom stereocenters. The molecule has 98 valence electrons. The maximum atomic E-state index is 9.61. The highest BCUT2D eigenvalue weighted by Crippen LogP contribution is 2.40. The second-order valence-corrected chi connectivity index (χ2v) is 6.53. The molecule has 17 heavy (non-hydrogen) atoms. The first-order valence-corrected chi connectivity index (χ1v) is 6.62. The molecule has 0 saturated heterocycles. The molecular formula is C14H26N2O. The van der Waals surface area contributed by atoms with Gasteiger partial charge in [0.05, 0.1) is 17.6 Å². The summed E-state index contributed by atoms with van der Waals surface area (Å²) in [5, 5.41) is 22.0. The Morgan fingerprint density at radius 2 is 2.06 bits per heavy atom. The van der Waals surface area contributed by atoms with E-state index in [0.717, 1.165) is 32.2 Å². The van der Waals surface area contributed by atoms with Gasteiger partial charge in [-0.2, -0.15) is 5.26 Å². The Morgan fingerprint density at radius 3 is 2.53 bits per heavy atom. The fourth-order valence-corrected chi connectivity index (χ4v) is 2.27. The first-order valence-electron chi connectivity index (χ1n) is 6.62. The highest BCUT2D eigenvalue weighted by atomic mass is 16.3. The van der Waals surface area contributed by atoms with E-state index < -0.39 is 0 Å². The number of nitrogens with zero attached hydrogens (tertiary/aromatic N) is 1. The zero-order valence-corrected chi connectivity index (χ0v) is 11.6. The van der Waals surface area contributed by atoms with Gasteiger partial charge in [-0.15, -0.1) is 0 Å². The quantitative estimate of drug-likeness (QED) is 0.699. The summed E-state index contributed by atoms with van der Waals surface area (Å²) in [6.07, 6.45) is 3.87. The summed E-state index contributed by atoms with van der Waals surface area (Å²) in [6, 6.07) is 2.77. The molecule has 0 aromatic rings. The van der Waals surface area contributed by atoms with E-state index in [4.69, 9.17) is 5.26 Å². The van der Waals surface area contributed by atoms with Crippen LogP contribution in [0.5, 0.6) is 0 Å². The molecule has 0 aromatic heterocycles. The van der Waals surface area contributed by atoms with Gasteiger partial charge in [0.15, 0.2) is 0 Å². The van der Waals surface area contributed by atoms with Gasteiger partial charge in [0, 0.05) is 11.5 Å². The molecule has 1 rings (SSSR count). The third-order valence-corrected chi connectivity index (χ3v) is 4.14. The Balaban J connectivity index is 2.09. The van der Waals surface area contributed by atoms with Gasteiger partial charge in [-0.25, -0.2) is 0 Å². The zero-order valence-electron chi connectivity index (χ0n) is 11.6. The topological polar surface area (TPSA) is 56.0 Å². The van der Waals surface area contributed by atoms with Crippen LogP contribution >= 0.6 is 0 Å². The molecule has 0 spiro atoms. The molecule has 0 radical (unpaired) electrons. The number of hydrogen-bond acceptors (Lipinski definition) is 3. The zero-order chi connectivity index (χ0) is 13.1. The van der Waals surface area contributed by atoms with Crippen molar-refractivity contribution in [2.24, 2.45) is 10.8 Å². The van der Waals surface area contributed by atoms with E-state index >= 15 is 0 Å². The van der Waals surface area contributed by atoms with E-state index in [0.29, 0.717) is 6.04 Å². The van der Waals surface area contributed by atoms with Crippen LogP contribution in [-0.2, 0) is 0 Å². The van der Waals surface area contributed by atoms with Crippen LogP contribution in [0.2, 0.25) is 0 Å². The second kappa shape index (κ2) is 5.37. The lowest BCUT2D eigenvalue weighted by atomic mass is 9.64. The fourth-order valence-electron chi connectivity index (χ4n) is 2.27. The molecule has 2 N–H and O–H groups in total. The summed E-state index contributed by atoms with van der Waals surface area (Å²) in [5.41, 5.74) is -0.169. The monoisotopic (exact) mass is 238 g/mol. The number of aliphatic hydroxyl groups excluding tert-OH is 1. The van der Waals surface area contributed by atoms with E-state index in [1.807, 2.05) is 13.8 Å². The average Bonchev–Trinajstić information content (AvgIpc) is 2.27. The summed E-state index contributed by atoms with van der Waals surface area (Å²) < 4.78 is 0. The number of hydrogen-bond donors (Lipinski definition) is 2. The molecule has 1 aliphatic carbocycles. The van der Waals surface area contributed by atoms with E-state index in [2.05, 4.69) is 25.2 Å². The number of nitrogens with one attached hydrogen (secondary N) is 1. The van der Waals surface area contributed by atoms with Gasteiger partial charge in [0.1, 0.15) is 0 Å². The average molecular weight is 238 g/mol.